The van der Waals surface area contributed by atoms with Crippen LogP contribution in [0.25, 0.3) is 0 Å². The second kappa shape index (κ2) is 8.11. The maximum absolute atomic E-state index is 12.4. The molecule has 4 N–H and O–H groups in total. The lowest BCUT2D eigenvalue weighted by Gasteiger charge is -2.31. The fraction of sp³-hybridized carbons (Fsp3) is 0.556. The Kier molecular flexibility index (Phi) is 6.76. The molecule has 0 aliphatic rings. The maximum atomic E-state index is 12.4. The molecule has 0 aromatic heterocycles. The average Bonchev–Trinajstić information content (AvgIpc) is 2.46. The predicted molar refractivity (Wildman–Crippen MR) is 94.3 cm³/mol. The highest BCUT2D eigenvalue weighted by Gasteiger charge is 2.26. The van der Waals surface area contributed by atoms with E-state index in [2.05, 4.69) is 24.5 Å². The highest BCUT2D eigenvalue weighted by molar-refractivity contribution is 5.96. The van der Waals surface area contributed by atoms with Gasteiger partial charge in [-0.15, -0.1) is 0 Å². The van der Waals surface area contributed by atoms with Crippen LogP contribution in [0.15, 0.2) is 24.3 Å². The second-order valence-electron chi connectivity index (χ2n) is 7.04. The van der Waals surface area contributed by atoms with Crippen molar-refractivity contribution in [1.29, 1.82) is 0 Å². The quantitative estimate of drug-likeness (QED) is 0.722. The van der Waals surface area contributed by atoms with Crippen molar-refractivity contribution in [2.75, 3.05) is 11.9 Å². The zero-order valence-corrected chi connectivity index (χ0v) is 14.8. The highest BCUT2D eigenvalue weighted by atomic mass is 16.2. The predicted octanol–water partition coefficient (Wildman–Crippen LogP) is 2.77. The number of amides is 2. The Morgan fingerprint density at radius 1 is 1.13 bits per heavy atom. The van der Waals surface area contributed by atoms with Crippen LogP contribution in [0.4, 0.5) is 5.69 Å². The number of nitrogens with one attached hydrogen (secondary N) is 2. The van der Waals surface area contributed by atoms with Gasteiger partial charge < -0.3 is 16.4 Å². The molecule has 23 heavy (non-hydrogen) atoms. The smallest absolute Gasteiger partial charge is 0.251 e. The van der Waals surface area contributed by atoms with E-state index in [0.29, 0.717) is 23.7 Å². The second-order valence-corrected chi connectivity index (χ2v) is 7.04. The first-order chi connectivity index (χ1) is 10.7. The Balaban J connectivity index is 2.75. The molecule has 0 aliphatic carbocycles. The molecule has 1 aromatic rings. The van der Waals surface area contributed by atoms with Crippen molar-refractivity contribution in [2.45, 2.75) is 46.6 Å². The molecule has 5 heteroatoms. The van der Waals surface area contributed by atoms with E-state index in [0.717, 1.165) is 6.42 Å². The van der Waals surface area contributed by atoms with Gasteiger partial charge in [-0.3, -0.25) is 9.59 Å². The molecule has 1 aromatic carbocycles. The van der Waals surface area contributed by atoms with E-state index in [-0.39, 0.29) is 17.7 Å². The van der Waals surface area contributed by atoms with Crippen LogP contribution in [0.5, 0.6) is 0 Å². The van der Waals surface area contributed by atoms with Gasteiger partial charge in [0.05, 0.1) is 0 Å². The van der Waals surface area contributed by atoms with E-state index >= 15 is 0 Å². The number of anilines is 1. The maximum Gasteiger partial charge on any atom is 0.251 e. The molecular weight excluding hydrogens is 290 g/mol. The third kappa shape index (κ3) is 6.02. The molecule has 0 saturated carbocycles. The molecule has 0 fully saturated rings. The molecule has 1 rings (SSSR count). The van der Waals surface area contributed by atoms with E-state index in [4.69, 9.17) is 5.73 Å². The lowest BCUT2D eigenvalue weighted by atomic mass is 9.90. The minimum Gasteiger partial charge on any atom is -0.346 e. The Labute approximate surface area is 139 Å². The van der Waals surface area contributed by atoms with E-state index in [9.17, 15) is 9.59 Å². The highest BCUT2D eigenvalue weighted by Crippen LogP contribution is 2.17. The summed E-state index contributed by atoms with van der Waals surface area (Å²) in [7, 11) is 0. The normalized spacial score (nSPS) is 13.7. The van der Waals surface area contributed by atoms with Gasteiger partial charge in [-0.25, -0.2) is 0 Å². The number of rotatable bonds is 7. The van der Waals surface area contributed by atoms with E-state index < -0.39 is 5.54 Å². The molecule has 0 aliphatic heterocycles. The minimum atomic E-state index is -0.421. The topological polar surface area (TPSA) is 84.2 Å². The zero-order chi connectivity index (χ0) is 17.6. The third-order valence-corrected chi connectivity index (χ3v) is 3.66. The molecule has 0 heterocycles. The number of nitrogens with two attached hydrogens (primary N) is 1. The van der Waals surface area contributed by atoms with Crippen molar-refractivity contribution in [2.24, 2.45) is 17.6 Å². The summed E-state index contributed by atoms with van der Waals surface area (Å²) in [6, 6.07) is 6.88. The summed E-state index contributed by atoms with van der Waals surface area (Å²) in [5.41, 5.74) is 6.64. The first-order valence-corrected chi connectivity index (χ1v) is 8.10. The van der Waals surface area contributed by atoms with E-state index in [1.165, 1.54) is 0 Å². The minimum absolute atomic E-state index is 0.0464. The SMILES string of the molecule is CC(C)CC(C)(CN)NC(=O)c1ccc(NC(=O)C(C)C)cc1. The number of carbonyl (C=O) groups is 2. The van der Waals surface area contributed by atoms with Gasteiger partial charge in [0.1, 0.15) is 0 Å². The summed E-state index contributed by atoms with van der Waals surface area (Å²) in [6.45, 7) is 10.2. The Bertz CT molecular complexity index is 538. The third-order valence-electron chi connectivity index (χ3n) is 3.66. The summed E-state index contributed by atoms with van der Waals surface area (Å²) in [5.74, 6) is 0.159. The summed E-state index contributed by atoms with van der Waals surface area (Å²) in [6.07, 6.45) is 0.817. The van der Waals surface area contributed by atoms with Crippen LogP contribution in [0.3, 0.4) is 0 Å². The van der Waals surface area contributed by atoms with Crippen molar-refractivity contribution in [3.63, 3.8) is 0 Å². The largest absolute Gasteiger partial charge is 0.346 e. The Morgan fingerprint density at radius 3 is 2.13 bits per heavy atom. The molecule has 2 amide bonds. The lowest BCUT2D eigenvalue weighted by molar-refractivity contribution is -0.118. The van der Waals surface area contributed by atoms with Gasteiger partial charge in [-0.1, -0.05) is 27.7 Å². The number of carbonyl (C=O) groups excluding carboxylic acids is 2. The van der Waals surface area contributed by atoms with Crippen molar-refractivity contribution >= 4 is 17.5 Å². The van der Waals surface area contributed by atoms with Gasteiger partial charge in [0.15, 0.2) is 0 Å². The molecule has 128 valence electrons. The Hall–Kier alpha value is -1.88. The number of hydrogen-bond donors (Lipinski definition) is 3. The van der Waals surface area contributed by atoms with Crippen LogP contribution >= 0.6 is 0 Å². The standard InChI is InChI=1S/C18H29N3O2/c1-12(2)10-18(5,11-19)21-17(23)14-6-8-15(9-7-14)20-16(22)13(3)4/h6-9,12-13H,10-11,19H2,1-5H3,(H,20,22)(H,21,23). The lowest BCUT2D eigenvalue weighted by Crippen LogP contribution is -2.52. The van der Waals surface area contributed by atoms with Crippen molar-refractivity contribution in [3.05, 3.63) is 29.8 Å². The average molecular weight is 319 g/mol. The van der Waals surface area contributed by atoms with Gasteiger partial charge in [0.25, 0.3) is 5.91 Å². The number of hydrogen-bond acceptors (Lipinski definition) is 3. The fourth-order valence-corrected chi connectivity index (χ4v) is 2.42. The zero-order valence-electron chi connectivity index (χ0n) is 14.8. The van der Waals surface area contributed by atoms with Crippen LogP contribution in [0.2, 0.25) is 0 Å². The monoisotopic (exact) mass is 319 g/mol. The van der Waals surface area contributed by atoms with E-state index in [1.54, 1.807) is 24.3 Å². The molecule has 1 atom stereocenters. The van der Waals surface area contributed by atoms with Crippen molar-refractivity contribution < 1.29 is 9.59 Å². The van der Waals surface area contributed by atoms with Crippen LogP contribution in [0.1, 0.15) is 51.4 Å². The Morgan fingerprint density at radius 2 is 1.70 bits per heavy atom. The molecule has 0 bridgehead atoms. The van der Waals surface area contributed by atoms with Gasteiger partial charge in [0.2, 0.25) is 5.91 Å². The molecule has 0 radical (unpaired) electrons. The van der Waals surface area contributed by atoms with Gasteiger partial charge in [-0.05, 0) is 43.5 Å². The van der Waals surface area contributed by atoms with Crippen LogP contribution < -0.4 is 16.4 Å². The van der Waals surface area contributed by atoms with E-state index in [1.807, 2.05) is 20.8 Å². The molecule has 0 spiro atoms. The molecule has 5 nitrogen and oxygen atoms in total. The summed E-state index contributed by atoms with van der Waals surface area (Å²) in [5, 5.41) is 5.82. The fourth-order valence-electron chi connectivity index (χ4n) is 2.42. The van der Waals surface area contributed by atoms with Crippen molar-refractivity contribution in [3.8, 4) is 0 Å². The first-order valence-electron chi connectivity index (χ1n) is 8.10. The first kappa shape index (κ1) is 19.2. The van der Waals surface area contributed by atoms with Gasteiger partial charge >= 0.3 is 0 Å². The summed E-state index contributed by atoms with van der Waals surface area (Å²) < 4.78 is 0. The van der Waals surface area contributed by atoms with Crippen LogP contribution in [0, 0.1) is 11.8 Å². The summed E-state index contributed by atoms with van der Waals surface area (Å²) >= 11 is 0. The molecule has 0 saturated heterocycles. The molecule has 1 unspecified atom stereocenters. The van der Waals surface area contributed by atoms with Crippen LogP contribution in [-0.4, -0.2) is 23.9 Å². The summed E-state index contributed by atoms with van der Waals surface area (Å²) in [4.78, 5) is 24.0. The van der Waals surface area contributed by atoms with Gasteiger partial charge in [-0.2, -0.15) is 0 Å². The van der Waals surface area contributed by atoms with Crippen molar-refractivity contribution in [1.82, 2.24) is 5.32 Å². The van der Waals surface area contributed by atoms with Gasteiger partial charge in [0, 0.05) is 29.3 Å². The molecular formula is C18H29N3O2. The number of benzene rings is 1. The van der Waals surface area contributed by atoms with Crippen LogP contribution in [-0.2, 0) is 4.79 Å².